The third kappa shape index (κ3) is 6.05. The minimum Gasteiger partial charge on any atom is -0.466 e. The summed E-state index contributed by atoms with van der Waals surface area (Å²) in [6.45, 7) is 5.99. The van der Waals surface area contributed by atoms with E-state index < -0.39 is 0 Å². The monoisotopic (exact) mass is 574 g/mol. The molecular formula is C34H46N4O4. The first-order chi connectivity index (χ1) is 20.6. The molecule has 2 aliphatic heterocycles. The van der Waals surface area contributed by atoms with Gasteiger partial charge in [-0.3, -0.25) is 14.5 Å². The molecular weight excluding hydrogens is 528 g/mol. The van der Waals surface area contributed by atoms with Crippen LogP contribution in [0.1, 0.15) is 102 Å². The minimum atomic E-state index is -0.331. The number of para-hydroxylation sites is 2. The number of hydrogen-bond donors (Lipinski definition) is 0. The molecule has 4 fully saturated rings. The zero-order valence-electron chi connectivity index (χ0n) is 25.1. The molecule has 0 N–H and O–H groups in total. The van der Waals surface area contributed by atoms with Crippen molar-refractivity contribution in [1.82, 2.24) is 14.5 Å². The molecule has 2 saturated carbocycles. The number of carbonyl (C=O) groups is 1. The minimum absolute atomic E-state index is 0.0965. The number of rotatable bonds is 10. The number of ether oxygens (including phenoxy) is 1. The highest BCUT2D eigenvalue weighted by Crippen LogP contribution is 2.47. The molecule has 2 saturated heterocycles. The van der Waals surface area contributed by atoms with Crippen molar-refractivity contribution >= 4 is 22.7 Å². The van der Waals surface area contributed by atoms with E-state index in [2.05, 4.69) is 16.6 Å². The molecule has 1 aromatic heterocycles. The fourth-order valence-electron chi connectivity index (χ4n) is 8.67. The van der Waals surface area contributed by atoms with Crippen molar-refractivity contribution in [3.05, 3.63) is 53.0 Å². The number of nitrogens with zero attached hydrogens (tertiary/aromatic N) is 4. The van der Waals surface area contributed by atoms with E-state index in [1.807, 2.05) is 28.8 Å². The Morgan fingerprint density at radius 3 is 2.40 bits per heavy atom. The predicted molar refractivity (Wildman–Crippen MR) is 165 cm³/mol. The van der Waals surface area contributed by atoms with Gasteiger partial charge < -0.3 is 14.1 Å². The molecule has 8 nitrogen and oxygen atoms in total. The maximum atomic E-state index is 14.4. The van der Waals surface area contributed by atoms with Crippen LogP contribution >= 0.6 is 0 Å². The average Bonchev–Trinajstić information content (AvgIpc) is 2.98. The van der Waals surface area contributed by atoms with Gasteiger partial charge in [-0.1, -0.05) is 55.6 Å². The lowest BCUT2D eigenvalue weighted by Crippen LogP contribution is -2.58. The van der Waals surface area contributed by atoms with Crippen LogP contribution in [0.2, 0.25) is 0 Å². The highest BCUT2D eigenvalue weighted by atomic mass is 16.6. The lowest BCUT2D eigenvalue weighted by atomic mass is 9.68. The lowest BCUT2D eigenvalue weighted by molar-refractivity contribution is -0.142. The quantitative estimate of drug-likeness (QED) is 0.111. The number of esters is 1. The van der Waals surface area contributed by atoms with Crippen LogP contribution < -0.4 is 5.56 Å². The first-order valence-electron chi connectivity index (χ1n) is 16.3. The molecule has 8 heteroatoms. The molecule has 226 valence electrons. The second-order valence-electron chi connectivity index (χ2n) is 12.9. The van der Waals surface area contributed by atoms with Crippen LogP contribution in [-0.4, -0.2) is 57.5 Å². The highest BCUT2D eigenvalue weighted by Gasteiger charge is 2.45. The first kappa shape index (κ1) is 29.1. The van der Waals surface area contributed by atoms with Gasteiger partial charge in [0.15, 0.2) is 5.69 Å². The smallest absolute Gasteiger partial charge is 0.306 e. The van der Waals surface area contributed by atoms with E-state index in [-0.39, 0.29) is 42.7 Å². The summed E-state index contributed by atoms with van der Waals surface area (Å²) in [7, 11) is 0. The van der Waals surface area contributed by atoms with Crippen LogP contribution in [0, 0.1) is 11.8 Å². The molecule has 5 atom stereocenters. The number of hydrogen-bond acceptors (Lipinski definition) is 7. The predicted octanol–water partition coefficient (Wildman–Crippen LogP) is 6.17. The van der Waals surface area contributed by atoms with Crippen LogP contribution in [0.3, 0.4) is 0 Å². The first-order valence-corrected chi connectivity index (χ1v) is 16.3. The van der Waals surface area contributed by atoms with Crippen molar-refractivity contribution in [1.29, 1.82) is 0 Å². The van der Waals surface area contributed by atoms with E-state index in [9.17, 15) is 9.59 Å². The molecule has 4 bridgehead atoms. The zero-order chi connectivity index (χ0) is 29.1. The van der Waals surface area contributed by atoms with Gasteiger partial charge in [-0.2, -0.15) is 0 Å². The Morgan fingerprint density at radius 1 is 0.976 bits per heavy atom. The third-order valence-electron chi connectivity index (χ3n) is 10.2. The molecule has 0 radical (unpaired) electrons. The van der Waals surface area contributed by atoms with Crippen LogP contribution in [0.4, 0.5) is 0 Å². The number of benzene rings is 1. The Bertz CT molecular complexity index is 1340. The molecule has 6 rings (SSSR count). The number of aromatic nitrogens is 2. The summed E-state index contributed by atoms with van der Waals surface area (Å²) >= 11 is 0. The van der Waals surface area contributed by atoms with Crippen molar-refractivity contribution in [2.45, 2.75) is 115 Å². The van der Waals surface area contributed by atoms with E-state index in [1.54, 1.807) is 13.0 Å². The van der Waals surface area contributed by atoms with Crippen molar-refractivity contribution in [3.8, 4) is 0 Å². The van der Waals surface area contributed by atoms with Gasteiger partial charge in [0.25, 0.3) is 5.56 Å². The summed E-state index contributed by atoms with van der Waals surface area (Å²) in [4.78, 5) is 39.8. The van der Waals surface area contributed by atoms with Crippen LogP contribution in [0.15, 0.2) is 46.9 Å². The van der Waals surface area contributed by atoms with Crippen LogP contribution in [-0.2, 0) is 14.4 Å². The van der Waals surface area contributed by atoms with Crippen molar-refractivity contribution in [2.24, 2.45) is 17.0 Å². The molecule has 4 aliphatic rings. The number of piperidine rings is 2. The molecule has 3 heterocycles. The number of oxime groups is 1. The molecule has 3 unspecified atom stereocenters. The number of carbonyl (C=O) groups excluding carboxylic acids is 1. The summed E-state index contributed by atoms with van der Waals surface area (Å²) < 4.78 is 7.14. The standard InChI is InChI=1S/C34H46N4O4/c1-3-17-42-36-30(15-16-32(39)41-4-2)33-34(40)38(31-14-6-5-13-29(31)35-33)28-21-25-11-8-12-26(22-28)37(25)27-19-23-9-7-10-24(18-23)20-27/h3,5-6,13-14,23-28H,1,4,7-12,15-22H2,2H3/t23?,24?,25-,26+,27?,28?. The fourth-order valence-corrected chi connectivity index (χ4v) is 8.67. The van der Waals surface area contributed by atoms with Gasteiger partial charge in [0.05, 0.1) is 24.1 Å². The molecule has 0 amide bonds. The maximum Gasteiger partial charge on any atom is 0.306 e. The summed E-state index contributed by atoms with van der Waals surface area (Å²) in [5, 5.41) is 4.28. The zero-order valence-corrected chi connectivity index (χ0v) is 25.1. The maximum absolute atomic E-state index is 14.4. The summed E-state index contributed by atoms with van der Waals surface area (Å²) in [5.41, 5.74) is 2.11. The van der Waals surface area contributed by atoms with E-state index in [4.69, 9.17) is 14.6 Å². The Balaban J connectivity index is 1.33. The van der Waals surface area contributed by atoms with Gasteiger partial charge in [0.1, 0.15) is 12.3 Å². The highest BCUT2D eigenvalue weighted by molar-refractivity contribution is 6.00. The fraction of sp³-hybridized carbons (Fsp3) is 0.647. The number of fused-ring (bicyclic) bond motifs is 5. The molecule has 0 spiro atoms. The van der Waals surface area contributed by atoms with E-state index in [0.29, 0.717) is 30.4 Å². The molecule has 2 aromatic rings. The summed E-state index contributed by atoms with van der Waals surface area (Å²) in [6, 6.07) is 9.74. The van der Waals surface area contributed by atoms with Gasteiger partial charge >= 0.3 is 5.97 Å². The molecule has 1 aromatic carbocycles. The van der Waals surface area contributed by atoms with Crippen molar-refractivity contribution in [3.63, 3.8) is 0 Å². The van der Waals surface area contributed by atoms with Crippen LogP contribution in [0.25, 0.3) is 11.0 Å². The van der Waals surface area contributed by atoms with Crippen LogP contribution in [0.5, 0.6) is 0 Å². The van der Waals surface area contributed by atoms with Gasteiger partial charge in [0.2, 0.25) is 0 Å². The molecule has 2 aliphatic carbocycles. The topological polar surface area (TPSA) is 86.0 Å². The van der Waals surface area contributed by atoms with E-state index in [0.717, 1.165) is 35.7 Å². The van der Waals surface area contributed by atoms with Gasteiger partial charge in [-0.25, -0.2) is 4.98 Å². The normalized spacial score (nSPS) is 29.7. The van der Waals surface area contributed by atoms with E-state index in [1.165, 1.54) is 57.8 Å². The second-order valence-corrected chi connectivity index (χ2v) is 12.9. The van der Waals surface area contributed by atoms with Crippen molar-refractivity contribution in [2.75, 3.05) is 13.2 Å². The Kier molecular flexibility index (Phi) is 9.08. The Morgan fingerprint density at radius 2 is 1.69 bits per heavy atom. The third-order valence-corrected chi connectivity index (χ3v) is 10.2. The Hall–Kier alpha value is -3.00. The largest absolute Gasteiger partial charge is 0.466 e. The summed E-state index contributed by atoms with van der Waals surface area (Å²) in [6.07, 6.45) is 16.0. The second kappa shape index (κ2) is 13.1. The van der Waals surface area contributed by atoms with Gasteiger partial charge in [0, 0.05) is 30.6 Å². The van der Waals surface area contributed by atoms with Gasteiger partial charge in [-0.15, -0.1) is 0 Å². The van der Waals surface area contributed by atoms with Crippen molar-refractivity contribution < 1.29 is 14.4 Å². The SMILES string of the molecule is C=CCON=C(CCC(=O)OCC)c1nc2ccccc2n(C2C[C@H]3CCC[C@@H](C2)N3C2CC3CCCC(C3)C2)c1=O. The lowest BCUT2D eigenvalue weighted by Gasteiger charge is -2.55. The van der Waals surface area contributed by atoms with Gasteiger partial charge in [-0.05, 0) is 75.8 Å². The molecule has 42 heavy (non-hydrogen) atoms. The Labute approximate surface area is 249 Å². The summed E-state index contributed by atoms with van der Waals surface area (Å²) in [5.74, 6) is 1.49. The van der Waals surface area contributed by atoms with E-state index >= 15 is 0 Å². The average molecular weight is 575 g/mol.